The molecule has 20 heteroatoms. The number of unbranched alkanes of at least 4 members (excludes halogenated alkanes) is 3. The molecule has 60 heavy (non-hydrogen) atoms. The molecule has 0 spiro atoms. The van der Waals surface area contributed by atoms with Crippen molar-refractivity contribution in [1.29, 1.82) is 0 Å². The fourth-order valence-corrected chi connectivity index (χ4v) is 8.03. The predicted molar refractivity (Wildman–Crippen MR) is 220 cm³/mol. The molecule has 2 saturated heterocycles. The summed E-state index contributed by atoms with van der Waals surface area (Å²) in [5.74, 6) is -2.44. The average Bonchev–Trinajstić information content (AvgIpc) is 3.96. The number of para-hydroxylation sites is 2. The smallest absolute Gasteiger partial charge is 0.345 e. The molecule has 3 unspecified atom stereocenters. The number of hydrogen-bond donors (Lipinski definition) is 5. The number of carbonyl (C=O) groups is 5. The molecule has 3 atom stereocenters. The Morgan fingerprint density at radius 2 is 1.68 bits per heavy atom. The average molecular weight is 869 g/mol. The fourth-order valence-electron chi connectivity index (χ4n) is 6.68. The number of hydrogen-bond acceptors (Lipinski definition) is 9. The standard InChI is InChI=1S/C29H48N6O7S.C9H5F3N2O.C2H6/c1-4-5-6-7-8-9-12-22(26(37)33-43(41,42)21-14-15-21)32-27(38)23-13-10-17-34(23)24(36)19-31-28(39)25(20(2)3)35-18-11-16-30-29(35)40;10-9(11,12)7-8(15)14-6-4-2-1-3-5(6)13-7;1-2/h8-9,20-23,25H,4-7,10-19H2,1-3H3,(H,30,40)(H,31,39)(H,32,38)(H,33,37);1-4H,(H,14,15);1-2H3/b9-8-;;. The number of rotatable bonds is 16. The Kier molecular flexibility index (Phi) is 19.0. The van der Waals surface area contributed by atoms with Crippen LogP contribution in [0.2, 0.25) is 0 Å². The summed E-state index contributed by atoms with van der Waals surface area (Å²) < 4.78 is 63.8. The highest BCUT2D eigenvalue weighted by Gasteiger charge is 2.40. The van der Waals surface area contributed by atoms with Crippen molar-refractivity contribution in [3.63, 3.8) is 0 Å². The highest BCUT2D eigenvalue weighted by molar-refractivity contribution is 7.90. The first kappa shape index (κ1) is 49.4. The molecular formula is C40H59F3N8O8S. The second kappa shape index (κ2) is 23.1. The second-order valence-corrected chi connectivity index (χ2v) is 16.8. The van der Waals surface area contributed by atoms with E-state index in [9.17, 15) is 50.4 Å². The van der Waals surface area contributed by atoms with Crippen LogP contribution in [-0.2, 0) is 35.4 Å². The van der Waals surface area contributed by atoms with Crippen LogP contribution in [-0.4, -0.2) is 107 Å². The van der Waals surface area contributed by atoms with Crippen LogP contribution in [0.3, 0.4) is 0 Å². The van der Waals surface area contributed by atoms with Gasteiger partial charge in [0.25, 0.3) is 11.5 Å². The first-order valence-electron chi connectivity index (χ1n) is 20.6. The molecule has 3 heterocycles. The van der Waals surface area contributed by atoms with Gasteiger partial charge < -0.3 is 30.7 Å². The number of alkyl halides is 3. The van der Waals surface area contributed by atoms with Gasteiger partial charge in [0, 0.05) is 19.6 Å². The number of nitrogens with zero attached hydrogens (tertiary/aromatic N) is 3. The molecule has 5 N–H and O–H groups in total. The Balaban J connectivity index is 0.000000468. The molecule has 3 aliphatic rings. The first-order chi connectivity index (χ1) is 28.4. The summed E-state index contributed by atoms with van der Waals surface area (Å²) in [6.45, 7) is 10.7. The zero-order valence-corrected chi connectivity index (χ0v) is 35.7. The van der Waals surface area contributed by atoms with Crippen molar-refractivity contribution < 1.29 is 45.6 Å². The van der Waals surface area contributed by atoms with Crippen molar-refractivity contribution in [3.8, 4) is 0 Å². The van der Waals surface area contributed by atoms with Crippen LogP contribution < -0.4 is 26.2 Å². The first-order valence-corrected chi connectivity index (χ1v) is 22.2. The lowest BCUT2D eigenvalue weighted by molar-refractivity contribution is -0.142. The number of likely N-dealkylation sites (tertiary alicyclic amines) is 1. The van der Waals surface area contributed by atoms with Gasteiger partial charge in [-0.25, -0.2) is 18.2 Å². The lowest BCUT2D eigenvalue weighted by Gasteiger charge is -2.36. The largest absolute Gasteiger partial charge is 0.438 e. The maximum absolute atomic E-state index is 13.3. The summed E-state index contributed by atoms with van der Waals surface area (Å²) in [7, 11) is -3.80. The summed E-state index contributed by atoms with van der Waals surface area (Å²) in [5.41, 5.74) is -2.23. The van der Waals surface area contributed by atoms with Crippen LogP contribution in [0.25, 0.3) is 11.0 Å². The van der Waals surface area contributed by atoms with E-state index in [1.807, 2.05) is 33.8 Å². The van der Waals surface area contributed by atoms with Crippen LogP contribution in [0, 0.1) is 5.92 Å². The topological polar surface area (TPSA) is 220 Å². The number of amides is 6. The summed E-state index contributed by atoms with van der Waals surface area (Å²) in [4.78, 5) is 84.2. The summed E-state index contributed by atoms with van der Waals surface area (Å²) in [5, 5.41) is 7.47. The number of sulfonamides is 1. The molecule has 6 amide bonds. The fraction of sp³-hybridized carbons (Fsp3) is 0.625. The van der Waals surface area contributed by atoms with Gasteiger partial charge in [0.1, 0.15) is 18.1 Å². The Morgan fingerprint density at radius 3 is 2.32 bits per heavy atom. The van der Waals surface area contributed by atoms with E-state index in [0.29, 0.717) is 51.7 Å². The van der Waals surface area contributed by atoms with Gasteiger partial charge in [-0.3, -0.25) is 28.7 Å². The summed E-state index contributed by atoms with van der Waals surface area (Å²) in [6, 6.07) is 3.00. The zero-order valence-electron chi connectivity index (χ0n) is 34.9. The molecule has 2 aliphatic heterocycles. The minimum Gasteiger partial charge on any atom is -0.345 e. The quantitative estimate of drug-likeness (QED) is 0.121. The SMILES string of the molecule is CC.CCCCC/C=C\CC(NC(=O)C1CCCN1C(=O)CNC(=O)C(C(C)C)N1CCCNC1=O)C(=O)NS(=O)(=O)C1CC1.O=c1[nH]c2ccccc2nc1C(F)(F)F. The number of nitrogens with one attached hydrogen (secondary N) is 5. The molecule has 5 rings (SSSR count). The number of benzene rings is 1. The molecule has 2 aromatic rings. The molecule has 0 bridgehead atoms. The number of allylic oxidation sites excluding steroid dienone is 1. The van der Waals surface area contributed by atoms with E-state index in [1.165, 1.54) is 21.9 Å². The Hall–Kier alpha value is -5.01. The minimum absolute atomic E-state index is 0.112. The molecule has 0 radical (unpaired) electrons. The van der Waals surface area contributed by atoms with E-state index < -0.39 is 74.5 Å². The highest BCUT2D eigenvalue weighted by atomic mass is 32.2. The summed E-state index contributed by atoms with van der Waals surface area (Å²) >= 11 is 0. The van der Waals surface area contributed by atoms with Crippen molar-refractivity contribution in [3.05, 3.63) is 52.5 Å². The van der Waals surface area contributed by atoms with Crippen molar-refractivity contribution in [2.75, 3.05) is 26.2 Å². The molecule has 1 aromatic carbocycles. The van der Waals surface area contributed by atoms with Crippen molar-refractivity contribution in [2.45, 2.75) is 128 Å². The second-order valence-electron chi connectivity index (χ2n) is 14.8. The van der Waals surface area contributed by atoms with Gasteiger partial charge in [-0.05, 0) is 69.4 Å². The molecule has 1 aromatic heterocycles. The van der Waals surface area contributed by atoms with Crippen LogP contribution >= 0.6 is 0 Å². The molecule has 1 aliphatic carbocycles. The number of aromatic nitrogens is 2. The van der Waals surface area contributed by atoms with Gasteiger partial charge in [-0.15, -0.1) is 0 Å². The molecule has 3 fully saturated rings. The molecule has 334 valence electrons. The molecular weight excluding hydrogens is 810 g/mol. The van der Waals surface area contributed by atoms with E-state index in [4.69, 9.17) is 0 Å². The van der Waals surface area contributed by atoms with Crippen LogP contribution in [0.5, 0.6) is 0 Å². The maximum Gasteiger partial charge on any atom is 0.438 e. The molecule has 16 nitrogen and oxygen atoms in total. The van der Waals surface area contributed by atoms with Crippen molar-refractivity contribution in [1.82, 2.24) is 40.4 Å². The highest BCUT2D eigenvalue weighted by Crippen LogP contribution is 2.28. The van der Waals surface area contributed by atoms with Crippen LogP contribution in [0.4, 0.5) is 18.0 Å². The number of carbonyl (C=O) groups excluding carboxylic acids is 5. The number of halogens is 3. The Morgan fingerprint density at radius 1 is 0.983 bits per heavy atom. The summed E-state index contributed by atoms with van der Waals surface area (Å²) in [6.07, 6.45) is 5.66. The van der Waals surface area contributed by atoms with Gasteiger partial charge in [0.05, 0.1) is 22.8 Å². The van der Waals surface area contributed by atoms with E-state index in [2.05, 4.69) is 37.6 Å². The van der Waals surface area contributed by atoms with Gasteiger partial charge in [0.2, 0.25) is 33.4 Å². The van der Waals surface area contributed by atoms with Crippen molar-refractivity contribution >= 4 is 50.7 Å². The van der Waals surface area contributed by atoms with Gasteiger partial charge in [-0.2, -0.15) is 13.2 Å². The third-order valence-corrected chi connectivity index (χ3v) is 11.7. The zero-order chi connectivity index (χ0) is 44.6. The van der Waals surface area contributed by atoms with E-state index in [1.54, 1.807) is 18.2 Å². The third kappa shape index (κ3) is 14.3. The van der Waals surface area contributed by atoms with Gasteiger partial charge >= 0.3 is 12.2 Å². The number of H-pyrrole nitrogens is 1. The molecule has 1 saturated carbocycles. The van der Waals surface area contributed by atoms with Gasteiger partial charge in [0.15, 0.2) is 0 Å². The lowest BCUT2D eigenvalue weighted by Crippen LogP contribution is -2.59. The minimum atomic E-state index is -4.72. The van der Waals surface area contributed by atoms with Crippen LogP contribution in [0.15, 0.2) is 41.2 Å². The van der Waals surface area contributed by atoms with Gasteiger partial charge in [-0.1, -0.05) is 71.7 Å². The number of urea groups is 1. The Bertz CT molecular complexity index is 1990. The number of aromatic amines is 1. The van der Waals surface area contributed by atoms with Crippen molar-refractivity contribution in [2.24, 2.45) is 5.92 Å². The predicted octanol–water partition coefficient (Wildman–Crippen LogP) is 4.12. The third-order valence-electron chi connectivity index (χ3n) is 9.86. The maximum atomic E-state index is 13.3. The lowest BCUT2D eigenvalue weighted by atomic mass is 10.0. The normalized spacial score (nSPS) is 17.8. The van der Waals surface area contributed by atoms with E-state index in [-0.39, 0.29) is 35.9 Å². The monoisotopic (exact) mass is 868 g/mol. The van der Waals surface area contributed by atoms with Crippen LogP contribution in [0.1, 0.15) is 105 Å². The Labute approximate surface area is 348 Å². The van der Waals surface area contributed by atoms with E-state index >= 15 is 0 Å². The number of fused-ring (bicyclic) bond motifs is 1. The van der Waals surface area contributed by atoms with E-state index in [0.717, 1.165) is 25.7 Å².